The van der Waals surface area contributed by atoms with Crippen LogP contribution in [0.3, 0.4) is 0 Å². The molecule has 4 nitrogen and oxygen atoms in total. The van der Waals surface area contributed by atoms with Crippen LogP contribution in [0, 0.1) is 11.3 Å². The largest absolute Gasteiger partial charge is 0.462 e. The molecule has 0 amide bonds. The molecule has 0 bridgehead atoms. The van der Waals surface area contributed by atoms with E-state index in [-0.39, 0.29) is 23.2 Å². The number of carbonyl (C=O) groups is 2. The highest BCUT2D eigenvalue weighted by atomic mass is 16.5. The van der Waals surface area contributed by atoms with E-state index >= 15 is 0 Å². The SMILES string of the molecule is CCC(C)(C)C(=O)Oc1ccccc1C(=O)OCC(C)C. The fraction of sp³-hybridized carbons (Fsp3) is 0.529. The normalized spacial score (nSPS) is 11.3. The van der Waals surface area contributed by atoms with E-state index in [4.69, 9.17) is 9.47 Å². The Labute approximate surface area is 126 Å². The van der Waals surface area contributed by atoms with Crippen molar-refractivity contribution in [1.29, 1.82) is 0 Å². The van der Waals surface area contributed by atoms with Crippen LogP contribution >= 0.6 is 0 Å². The molecule has 0 spiro atoms. The third kappa shape index (κ3) is 4.88. The second-order valence-electron chi connectivity index (χ2n) is 6.12. The van der Waals surface area contributed by atoms with Crippen LogP contribution < -0.4 is 4.74 Å². The van der Waals surface area contributed by atoms with Crippen molar-refractivity contribution in [2.24, 2.45) is 11.3 Å². The highest BCUT2D eigenvalue weighted by Gasteiger charge is 2.29. The van der Waals surface area contributed by atoms with Gasteiger partial charge >= 0.3 is 11.9 Å². The van der Waals surface area contributed by atoms with E-state index in [1.165, 1.54) is 0 Å². The average Bonchev–Trinajstić information content (AvgIpc) is 2.45. The summed E-state index contributed by atoms with van der Waals surface area (Å²) in [5, 5.41) is 0. The summed E-state index contributed by atoms with van der Waals surface area (Å²) in [6.45, 7) is 9.81. The van der Waals surface area contributed by atoms with Crippen molar-refractivity contribution in [3.8, 4) is 5.75 Å². The van der Waals surface area contributed by atoms with Crippen LogP contribution in [0.25, 0.3) is 0 Å². The molecule has 0 saturated heterocycles. The lowest BCUT2D eigenvalue weighted by atomic mass is 9.91. The number of hydrogen-bond donors (Lipinski definition) is 0. The standard InChI is InChI=1S/C17H24O4/c1-6-17(4,5)16(19)21-14-10-8-7-9-13(14)15(18)20-11-12(2)3/h7-10,12H,6,11H2,1-5H3. The molecule has 0 aliphatic heterocycles. The molecule has 0 aromatic heterocycles. The highest BCUT2D eigenvalue weighted by molar-refractivity contribution is 5.93. The van der Waals surface area contributed by atoms with Gasteiger partial charge in [-0.3, -0.25) is 4.79 Å². The third-order valence-corrected chi connectivity index (χ3v) is 3.29. The van der Waals surface area contributed by atoms with Crippen LogP contribution in [0.1, 0.15) is 51.4 Å². The first-order valence-electron chi connectivity index (χ1n) is 7.26. The van der Waals surface area contributed by atoms with Gasteiger partial charge in [0.1, 0.15) is 11.3 Å². The van der Waals surface area contributed by atoms with E-state index in [0.717, 1.165) is 0 Å². The Morgan fingerprint density at radius 1 is 1.19 bits per heavy atom. The molecule has 0 atom stereocenters. The van der Waals surface area contributed by atoms with Crippen molar-refractivity contribution in [3.63, 3.8) is 0 Å². The molecule has 0 aliphatic carbocycles. The van der Waals surface area contributed by atoms with Gasteiger partial charge in [0.05, 0.1) is 12.0 Å². The van der Waals surface area contributed by atoms with Crippen LogP contribution in [0.2, 0.25) is 0 Å². The topological polar surface area (TPSA) is 52.6 Å². The van der Waals surface area contributed by atoms with Gasteiger partial charge in [-0.05, 0) is 38.3 Å². The smallest absolute Gasteiger partial charge is 0.341 e. The molecule has 1 aromatic rings. The summed E-state index contributed by atoms with van der Waals surface area (Å²) in [5.74, 6) is -0.323. The van der Waals surface area contributed by atoms with E-state index in [1.54, 1.807) is 24.3 Å². The fourth-order valence-corrected chi connectivity index (χ4v) is 1.43. The van der Waals surface area contributed by atoms with Crippen molar-refractivity contribution >= 4 is 11.9 Å². The van der Waals surface area contributed by atoms with Crippen molar-refractivity contribution < 1.29 is 19.1 Å². The van der Waals surface area contributed by atoms with E-state index in [0.29, 0.717) is 13.0 Å². The van der Waals surface area contributed by atoms with E-state index < -0.39 is 11.4 Å². The summed E-state index contributed by atoms with van der Waals surface area (Å²) in [6.07, 6.45) is 0.659. The summed E-state index contributed by atoms with van der Waals surface area (Å²) in [4.78, 5) is 24.2. The fourth-order valence-electron chi connectivity index (χ4n) is 1.43. The lowest BCUT2D eigenvalue weighted by Gasteiger charge is -2.21. The highest BCUT2D eigenvalue weighted by Crippen LogP contribution is 2.26. The number of rotatable bonds is 6. The third-order valence-electron chi connectivity index (χ3n) is 3.29. The van der Waals surface area contributed by atoms with Gasteiger partial charge in [0.2, 0.25) is 0 Å². The number of carbonyl (C=O) groups excluding carboxylic acids is 2. The van der Waals surface area contributed by atoms with Gasteiger partial charge in [0.15, 0.2) is 0 Å². The zero-order chi connectivity index (χ0) is 16.0. The molecule has 0 N–H and O–H groups in total. The van der Waals surface area contributed by atoms with E-state index in [9.17, 15) is 9.59 Å². The maximum atomic E-state index is 12.1. The van der Waals surface area contributed by atoms with Crippen molar-refractivity contribution in [2.75, 3.05) is 6.61 Å². The van der Waals surface area contributed by atoms with Gasteiger partial charge in [-0.15, -0.1) is 0 Å². The van der Waals surface area contributed by atoms with Crippen molar-refractivity contribution in [2.45, 2.75) is 41.0 Å². The molecule has 0 fully saturated rings. The second kappa shape index (κ2) is 7.25. The Hall–Kier alpha value is -1.84. The van der Waals surface area contributed by atoms with Gasteiger partial charge in [-0.25, -0.2) is 4.79 Å². The van der Waals surface area contributed by atoms with Gasteiger partial charge in [0.25, 0.3) is 0 Å². The number of benzene rings is 1. The molecule has 4 heteroatoms. The monoisotopic (exact) mass is 292 g/mol. The first kappa shape index (κ1) is 17.2. The van der Waals surface area contributed by atoms with E-state index in [2.05, 4.69) is 0 Å². The molecule has 0 unspecified atom stereocenters. The van der Waals surface area contributed by atoms with Gasteiger partial charge in [-0.1, -0.05) is 32.9 Å². The number of para-hydroxylation sites is 1. The van der Waals surface area contributed by atoms with Crippen molar-refractivity contribution in [3.05, 3.63) is 29.8 Å². The Bertz CT molecular complexity index is 503. The number of ether oxygens (including phenoxy) is 2. The minimum atomic E-state index is -0.588. The minimum Gasteiger partial charge on any atom is -0.462 e. The Kier molecular flexibility index (Phi) is 5.94. The molecule has 0 heterocycles. The molecular formula is C17H24O4. The lowest BCUT2D eigenvalue weighted by molar-refractivity contribution is -0.144. The van der Waals surface area contributed by atoms with Crippen molar-refractivity contribution in [1.82, 2.24) is 0 Å². The number of esters is 2. The first-order chi connectivity index (χ1) is 9.77. The van der Waals surface area contributed by atoms with Crippen LogP contribution in [-0.4, -0.2) is 18.5 Å². The zero-order valence-corrected chi connectivity index (χ0v) is 13.4. The lowest BCUT2D eigenvalue weighted by Crippen LogP contribution is -2.28. The average molecular weight is 292 g/mol. The summed E-state index contributed by atoms with van der Waals surface area (Å²) < 4.78 is 10.6. The summed E-state index contributed by atoms with van der Waals surface area (Å²) in [5.41, 5.74) is -0.312. The molecule has 1 aromatic carbocycles. The Morgan fingerprint density at radius 2 is 1.81 bits per heavy atom. The van der Waals surface area contributed by atoms with Gasteiger partial charge in [-0.2, -0.15) is 0 Å². The maximum Gasteiger partial charge on any atom is 0.341 e. The predicted octanol–water partition coefficient (Wildman–Crippen LogP) is 3.84. The molecule has 0 radical (unpaired) electrons. The Balaban J connectivity index is 2.89. The maximum absolute atomic E-state index is 12.1. The molecule has 1 rings (SSSR count). The molecule has 0 aliphatic rings. The second-order valence-corrected chi connectivity index (χ2v) is 6.12. The molecule has 0 saturated carbocycles. The Morgan fingerprint density at radius 3 is 2.38 bits per heavy atom. The summed E-state index contributed by atoms with van der Waals surface area (Å²) in [7, 11) is 0. The zero-order valence-electron chi connectivity index (χ0n) is 13.4. The summed E-state index contributed by atoms with van der Waals surface area (Å²) in [6, 6.07) is 6.65. The molecule has 21 heavy (non-hydrogen) atoms. The van der Waals surface area contributed by atoms with Crippen LogP contribution in [0.15, 0.2) is 24.3 Å². The van der Waals surface area contributed by atoms with Crippen LogP contribution in [0.5, 0.6) is 5.75 Å². The predicted molar refractivity (Wildman–Crippen MR) is 81.3 cm³/mol. The molecule has 116 valence electrons. The quantitative estimate of drug-likeness (QED) is 0.590. The summed E-state index contributed by atoms with van der Waals surface area (Å²) >= 11 is 0. The number of hydrogen-bond acceptors (Lipinski definition) is 4. The first-order valence-corrected chi connectivity index (χ1v) is 7.26. The molecular weight excluding hydrogens is 268 g/mol. The van der Waals surface area contributed by atoms with Crippen LogP contribution in [0.4, 0.5) is 0 Å². The van der Waals surface area contributed by atoms with Gasteiger partial charge < -0.3 is 9.47 Å². The van der Waals surface area contributed by atoms with Crippen LogP contribution in [-0.2, 0) is 9.53 Å². The van der Waals surface area contributed by atoms with E-state index in [1.807, 2.05) is 34.6 Å². The minimum absolute atomic E-state index is 0.248. The van der Waals surface area contributed by atoms with Gasteiger partial charge in [0, 0.05) is 0 Å².